The van der Waals surface area contributed by atoms with Gasteiger partial charge in [0.1, 0.15) is 6.33 Å². The van der Waals surface area contributed by atoms with Gasteiger partial charge in [0.25, 0.3) is 0 Å². The highest BCUT2D eigenvalue weighted by atomic mass is 16.1. The molecule has 0 atom stereocenters. The van der Waals surface area contributed by atoms with Crippen molar-refractivity contribution in [2.24, 2.45) is 0 Å². The molecule has 31 heavy (non-hydrogen) atoms. The number of hydrogen-bond acceptors (Lipinski definition) is 7. The van der Waals surface area contributed by atoms with Gasteiger partial charge >= 0.3 is 0 Å². The minimum Gasteiger partial charge on any atom is -0.341 e. The maximum absolute atomic E-state index is 11.1. The molecule has 0 saturated carbocycles. The number of amides is 1. The lowest BCUT2D eigenvalue weighted by Crippen LogP contribution is -2.34. The summed E-state index contributed by atoms with van der Waals surface area (Å²) in [5.74, 6) is 1.51. The Labute approximate surface area is 181 Å². The first-order valence-corrected chi connectivity index (χ1v) is 10.2. The van der Waals surface area contributed by atoms with E-state index in [2.05, 4.69) is 48.7 Å². The molecule has 1 saturated heterocycles. The van der Waals surface area contributed by atoms with E-state index >= 15 is 0 Å². The third kappa shape index (κ3) is 5.14. The van der Waals surface area contributed by atoms with Crippen LogP contribution in [-0.2, 0) is 4.79 Å². The van der Waals surface area contributed by atoms with Crippen LogP contribution in [0, 0.1) is 11.3 Å². The summed E-state index contributed by atoms with van der Waals surface area (Å²) in [5, 5.41) is 14.9. The molecule has 1 fully saturated rings. The molecule has 2 N–H and O–H groups in total. The average molecular weight is 413 g/mol. The van der Waals surface area contributed by atoms with Gasteiger partial charge in [0.2, 0.25) is 17.8 Å². The Bertz CT molecular complexity index is 1080. The maximum Gasteiger partial charge on any atom is 0.231 e. The Kier molecular flexibility index (Phi) is 6.03. The Morgan fingerprint density at radius 2 is 1.71 bits per heavy atom. The van der Waals surface area contributed by atoms with Gasteiger partial charge in [-0.05, 0) is 60.7 Å². The molecule has 1 amide bonds. The predicted octanol–water partition coefficient (Wildman–Crippen LogP) is 3.83. The van der Waals surface area contributed by atoms with E-state index in [4.69, 9.17) is 5.26 Å². The lowest BCUT2D eigenvalue weighted by Gasteiger charge is -2.32. The van der Waals surface area contributed by atoms with Crippen molar-refractivity contribution in [1.29, 1.82) is 5.26 Å². The molecule has 2 aromatic carbocycles. The number of aromatic nitrogens is 3. The summed E-state index contributed by atoms with van der Waals surface area (Å²) in [4.78, 5) is 26.5. The van der Waals surface area contributed by atoms with Crippen molar-refractivity contribution in [2.75, 3.05) is 28.6 Å². The van der Waals surface area contributed by atoms with Gasteiger partial charge < -0.3 is 15.5 Å². The molecule has 0 spiro atoms. The van der Waals surface area contributed by atoms with Gasteiger partial charge in [-0.15, -0.1) is 0 Å². The SMILES string of the molecule is CC(=O)Nc1ccc(Nc2ncnc(N3CCC(c4ccc(C#N)cc4)CC3)n2)cc1. The normalized spacial score (nSPS) is 14.0. The highest BCUT2D eigenvalue weighted by Gasteiger charge is 2.22. The average Bonchev–Trinajstić information content (AvgIpc) is 2.80. The zero-order valence-electron chi connectivity index (χ0n) is 17.2. The van der Waals surface area contributed by atoms with Crippen LogP contribution >= 0.6 is 0 Å². The predicted molar refractivity (Wildman–Crippen MR) is 119 cm³/mol. The van der Waals surface area contributed by atoms with E-state index in [1.54, 1.807) is 0 Å². The van der Waals surface area contributed by atoms with Crippen molar-refractivity contribution >= 4 is 29.2 Å². The number of anilines is 4. The van der Waals surface area contributed by atoms with Crippen LogP contribution in [0.3, 0.4) is 0 Å². The van der Waals surface area contributed by atoms with Crippen molar-refractivity contribution in [3.05, 3.63) is 66.0 Å². The van der Waals surface area contributed by atoms with E-state index in [-0.39, 0.29) is 5.91 Å². The van der Waals surface area contributed by atoms with Crippen LogP contribution in [0.1, 0.15) is 36.8 Å². The van der Waals surface area contributed by atoms with Crippen LogP contribution in [0.4, 0.5) is 23.3 Å². The van der Waals surface area contributed by atoms with Crippen molar-refractivity contribution < 1.29 is 4.79 Å². The van der Waals surface area contributed by atoms with Gasteiger partial charge in [-0.1, -0.05) is 12.1 Å². The van der Waals surface area contributed by atoms with E-state index in [9.17, 15) is 4.79 Å². The number of benzene rings is 2. The molecule has 1 aliphatic rings. The summed E-state index contributed by atoms with van der Waals surface area (Å²) in [6.45, 7) is 3.20. The highest BCUT2D eigenvalue weighted by molar-refractivity contribution is 5.88. The van der Waals surface area contributed by atoms with Gasteiger partial charge in [0.15, 0.2) is 0 Å². The molecule has 3 aromatic rings. The topological polar surface area (TPSA) is 107 Å². The van der Waals surface area contributed by atoms with Crippen molar-refractivity contribution in [2.45, 2.75) is 25.7 Å². The number of carbonyl (C=O) groups excluding carboxylic acids is 1. The van der Waals surface area contributed by atoms with Crippen molar-refractivity contribution in [1.82, 2.24) is 15.0 Å². The van der Waals surface area contributed by atoms with Crippen LogP contribution in [0.2, 0.25) is 0 Å². The van der Waals surface area contributed by atoms with Crippen molar-refractivity contribution in [3.8, 4) is 6.07 Å². The monoisotopic (exact) mass is 413 g/mol. The van der Waals surface area contributed by atoms with Gasteiger partial charge in [-0.3, -0.25) is 4.79 Å². The maximum atomic E-state index is 11.1. The third-order valence-corrected chi connectivity index (χ3v) is 5.31. The van der Waals surface area contributed by atoms with Gasteiger partial charge in [0.05, 0.1) is 11.6 Å². The Morgan fingerprint density at radius 3 is 2.35 bits per heavy atom. The summed E-state index contributed by atoms with van der Waals surface area (Å²) >= 11 is 0. The molecule has 2 heterocycles. The number of nitrogens with zero attached hydrogens (tertiary/aromatic N) is 5. The third-order valence-electron chi connectivity index (χ3n) is 5.31. The number of piperidine rings is 1. The van der Waals surface area contributed by atoms with Gasteiger partial charge in [-0.25, -0.2) is 9.97 Å². The van der Waals surface area contributed by atoms with Crippen LogP contribution in [-0.4, -0.2) is 33.9 Å². The summed E-state index contributed by atoms with van der Waals surface area (Å²) < 4.78 is 0. The molecule has 1 aliphatic heterocycles. The summed E-state index contributed by atoms with van der Waals surface area (Å²) in [6.07, 6.45) is 3.53. The van der Waals surface area contributed by atoms with Crippen molar-refractivity contribution in [3.63, 3.8) is 0 Å². The quantitative estimate of drug-likeness (QED) is 0.654. The first-order chi connectivity index (χ1) is 15.1. The zero-order valence-corrected chi connectivity index (χ0v) is 17.2. The molecule has 0 unspecified atom stereocenters. The van der Waals surface area contributed by atoms with E-state index in [0.29, 0.717) is 23.4 Å². The van der Waals surface area contributed by atoms with E-state index in [1.165, 1.54) is 18.8 Å². The highest BCUT2D eigenvalue weighted by Crippen LogP contribution is 2.29. The Balaban J connectivity index is 1.37. The second-order valence-electron chi connectivity index (χ2n) is 7.49. The minimum atomic E-state index is -0.106. The lowest BCUT2D eigenvalue weighted by atomic mass is 9.89. The molecular weight excluding hydrogens is 390 g/mol. The Hall–Kier alpha value is -3.99. The van der Waals surface area contributed by atoms with Crippen LogP contribution in [0.15, 0.2) is 54.9 Å². The number of rotatable bonds is 5. The molecule has 0 bridgehead atoms. The number of carbonyl (C=O) groups is 1. The second kappa shape index (κ2) is 9.22. The number of hydrogen-bond donors (Lipinski definition) is 2. The molecule has 156 valence electrons. The van der Waals surface area contributed by atoms with E-state index in [0.717, 1.165) is 37.3 Å². The molecule has 8 heteroatoms. The first kappa shape index (κ1) is 20.3. The molecule has 4 rings (SSSR count). The van der Waals surface area contributed by atoms with Gasteiger partial charge in [0, 0.05) is 31.4 Å². The largest absolute Gasteiger partial charge is 0.341 e. The summed E-state index contributed by atoms with van der Waals surface area (Å²) in [7, 11) is 0. The standard InChI is InChI=1S/C23H23N7O/c1-16(31)27-20-6-8-21(9-7-20)28-22-25-15-26-23(29-22)30-12-10-19(11-13-30)18-4-2-17(14-24)3-5-18/h2-9,15,19H,10-13H2,1H3,(H,27,31)(H,25,26,28,29). The molecule has 1 aromatic heterocycles. The van der Waals surface area contributed by atoms with E-state index < -0.39 is 0 Å². The number of nitrogens with one attached hydrogen (secondary N) is 2. The Morgan fingerprint density at radius 1 is 1.03 bits per heavy atom. The van der Waals surface area contributed by atoms with Gasteiger partial charge in [-0.2, -0.15) is 10.2 Å². The van der Waals surface area contributed by atoms with E-state index in [1.807, 2.05) is 36.4 Å². The zero-order chi connectivity index (χ0) is 21.6. The summed E-state index contributed by atoms with van der Waals surface area (Å²) in [5.41, 5.74) is 3.53. The first-order valence-electron chi connectivity index (χ1n) is 10.2. The van der Waals surface area contributed by atoms with Crippen LogP contribution < -0.4 is 15.5 Å². The minimum absolute atomic E-state index is 0.106. The molecule has 8 nitrogen and oxygen atoms in total. The van der Waals surface area contributed by atoms with Crippen LogP contribution in [0.5, 0.6) is 0 Å². The smallest absolute Gasteiger partial charge is 0.231 e. The fourth-order valence-electron chi connectivity index (χ4n) is 3.71. The molecule has 0 aliphatic carbocycles. The second-order valence-corrected chi connectivity index (χ2v) is 7.49. The van der Waals surface area contributed by atoms with Crippen LogP contribution in [0.25, 0.3) is 0 Å². The molecule has 0 radical (unpaired) electrons. The lowest BCUT2D eigenvalue weighted by molar-refractivity contribution is -0.114. The fourth-order valence-corrected chi connectivity index (χ4v) is 3.71. The molecular formula is C23H23N7O. The fraction of sp³-hybridized carbons (Fsp3) is 0.261. The number of nitriles is 1. The summed E-state index contributed by atoms with van der Waals surface area (Å²) in [6, 6.07) is 17.4.